The van der Waals surface area contributed by atoms with E-state index in [1.54, 1.807) is 38.0 Å². The smallest absolute Gasteiger partial charge is 0.339 e. The molecule has 0 saturated carbocycles. The summed E-state index contributed by atoms with van der Waals surface area (Å²) in [6, 6.07) is 12.7. The molecular weight excluding hydrogens is 400 g/mol. The fourth-order valence-corrected chi connectivity index (χ4v) is 3.97. The van der Waals surface area contributed by atoms with Gasteiger partial charge in [-0.05, 0) is 18.2 Å². The summed E-state index contributed by atoms with van der Waals surface area (Å²) < 4.78 is 18.0. The first kappa shape index (κ1) is 20.3. The maximum Gasteiger partial charge on any atom is 0.339 e. The molecule has 0 spiro atoms. The maximum absolute atomic E-state index is 12.6. The summed E-state index contributed by atoms with van der Waals surface area (Å²) in [6.07, 6.45) is 1.67. The van der Waals surface area contributed by atoms with Gasteiger partial charge in [0.25, 0.3) is 0 Å². The number of aromatic nitrogens is 1. The zero-order chi connectivity index (χ0) is 22.1. The standard InChI is InChI=1S/C23H22N2O6/c1-29-14-6-4-5-13(9-14)25-12-18(23(27)28)21-22(25)17(11-20(26)24-21)16-8-7-15(30-2)10-19(16)31-3/h4-10,12,17H,11H2,1-3H3,(H,24,26)(H,27,28)/t17-/m0/s1. The molecule has 2 heterocycles. The second-order valence-corrected chi connectivity index (χ2v) is 7.09. The lowest BCUT2D eigenvalue weighted by atomic mass is 9.87. The van der Waals surface area contributed by atoms with E-state index in [4.69, 9.17) is 14.2 Å². The lowest BCUT2D eigenvalue weighted by Crippen LogP contribution is -2.25. The summed E-state index contributed by atoms with van der Waals surface area (Å²) in [7, 11) is 4.68. The van der Waals surface area contributed by atoms with E-state index < -0.39 is 11.9 Å². The van der Waals surface area contributed by atoms with Crippen LogP contribution in [0.15, 0.2) is 48.7 Å². The Morgan fingerprint density at radius 1 is 1.06 bits per heavy atom. The Balaban J connectivity index is 1.97. The van der Waals surface area contributed by atoms with Gasteiger partial charge in [0.05, 0.1) is 32.7 Å². The van der Waals surface area contributed by atoms with Crippen molar-refractivity contribution >= 4 is 17.6 Å². The molecule has 1 aromatic heterocycles. The van der Waals surface area contributed by atoms with Gasteiger partial charge in [-0.15, -0.1) is 0 Å². The summed E-state index contributed by atoms with van der Waals surface area (Å²) in [4.78, 5) is 24.5. The number of nitrogens with one attached hydrogen (secondary N) is 1. The number of nitrogens with zero attached hydrogens (tertiary/aromatic N) is 1. The van der Waals surface area contributed by atoms with Crippen LogP contribution in [-0.2, 0) is 4.79 Å². The number of hydrogen-bond donors (Lipinski definition) is 2. The SMILES string of the molecule is COc1cccc(-n2cc(C(=O)O)c3c2[C@H](c2ccc(OC)cc2OC)CC(=O)N3)c1. The molecular formula is C23H22N2O6. The zero-order valence-corrected chi connectivity index (χ0v) is 17.3. The van der Waals surface area contributed by atoms with Gasteiger partial charge in [-0.3, -0.25) is 4.79 Å². The van der Waals surface area contributed by atoms with E-state index in [0.717, 1.165) is 11.3 Å². The average Bonchev–Trinajstić information content (AvgIpc) is 3.17. The van der Waals surface area contributed by atoms with Gasteiger partial charge in [0.1, 0.15) is 22.8 Å². The quantitative estimate of drug-likeness (QED) is 0.629. The molecule has 1 amide bonds. The number of aromatic carboxylic acids is 1. The largest absolute Gasteiger partial charge is 0.497 e. The van der Waals surface area contributed by atoms with E-state index in [1.165, 1.54) is 6.20 Å². The van der Waals surface area contributed by atoms with Crippen LogP contribution in [0.5, 0.6) is 17.2 Å². The Morgan fingerprint density at radius 3 is 2.48 bits per heavy atom. The van der Waals surface area contributed by atoms with Gasteiger partial charge in [0.15, 0.2) is 0 Å². The number of carbonyl (C=O) groups is 2. The molecule has 0 aliphatic carbocycles. The molecule has 1 atom stereocenters. The molecule has 1 aliphatic rings. The Hall–Kier alpha value is -3.94. The predicted molar refractivity (Wildman–Crippen MR) is 114 cm³/mol. The van der Waals surface area contributed by atoms with E-state index in [9.17, 15) is 14.7 Å². The minimum absolute atomic E-state index is 0.0170. The number of benzene rings is 2. The number of rotatable bonds is 6. The number of amides is 1. The van der Waals surface area contributed by atoms with E-state index in [1.807, 2.05) is 30.3 Å². The molecule has 4 rings (SSSR count). The highest BCUT2D eigenvalue weighted by Gasteiger charge is 2.35. The fourth-order valence-electron chi connectivity index (χ4n) is 3.97. The first-order valence-electron chi connectivity index (χ1n) is 9.61. The predicted octanol–water partition coefficient (Wildman–Crippen LogP) is 3.68. The molecule has 0 bridgehead atoms. The first-order valence-corrected chi connectivity index (χ1v) is 9.61. The van der Waals surface area contributed by atoms with Gasteiger partial charge >= 0.3 is 5.97 Å². The molecule has 31 heavy (non-hydrogen) atoms. The zero-order valence-electron chi connectivity index (χ0n) is 17.3. The number of methoxy groups -OCH3 is 3. The van der Waals surface area contributed by atoms with Crippen molar-refractivity contribution in [2.24, 2.45) is 0 Å². The lowest BCUT2D eigenvalue weighted by molar-refractivity contribution is -0.116. The molecule has 0 saturated heterocycles. The van der Waals surface area contributed by atoms with Gasteiger partial charge < -0.3 is 29.2 Å². The number of hydrogen-bond acceptors (Lipinski definition) is 5. The van der Waals surface area contributed by atoms with Crippen LogP contribution in [0, 0.1) is 0 Å². The Bertz CT molecular complexity index is 1170. The van der Waals surface area contributed by atoms with Crippen molar-refractivity contribution in [3.8, 4) is 22.9 Å². The van der Waals surface area contributed by atoms with Crippen LogP contribution in [0.25, 0.3) is 5.69 Å². The van der Waals surface area contributed by atoms with Crippen LogP contribution in [0.4, 0.5) is 5.69 Å². The summed E-state index contributed by atoms with van der Waals surface area (Å²) in [5, 5.41) is 12.5. The summed E-state index contributed by atoms with van der Waals surface area (Å²) in [6.45, 7) is 0. The molecule has 160 valence electrons. The molecule has 8 heteroatoms. The number of anilines is 1. The maximum atomic E-state index is 12.6. The third-order valence-corrected chi connectivity index (χ3v) is 5.41. The molecule has 0 fully saturated rings. The normalized spacial score (nSPS) is 15.1. The third kappa shape index (κ3) is 3.56. The average molecular weight is 422 g/mol. The van der Waals surface area contributed by atoms with Crippen LogP contribution in [0.2, 0.25) is 0 Å². The molecule has 2 N–H and O–H groups in total. The number of carbonyl (C=O) groups excluding carboxylic acids is 1. The summed E-state index contributed by atoms with van der Waals surface area (Å²) >= 11 is 0. The highest BCUT2D eigenvalue weighted by molar-refractivity contribution is 6.04. The third-order valence-electron chi connectivity index (χ3n) is 5.41. The van der Waals surface area contributed by atoms with Crippen LogP contribution in [0.3, 0.4) is 0 Å². The van der Waals surface area contributed by atoms with Crippen molar-refractivity contribution in [2.45, 2.75) is 12.3 Å². The minimum Gasteiger partial charge on any atom is -0.497 e. The molecule has 0 radical (unpaired) electrons. The van der Waals surface area contributed by atoms with Crippen LogP contribution in [-0.4, -0.2) is 42.9 Å². The van der Waals surface area contributed by atoms with Gasteiger partial charge in [0, 0.05) is 41.9 Å². The van der Waals surface area contributed by atoms with E-state index in [0.29, 0.717) is 22.9 Å². The highest BCUT2D eigenvalue weighted by Crippen LogP contribution is 2.45. The molecule has 0 unspecified atom stereocenters. The van der Waals surface area contributed by atoms with Gasteiger partial charge in [-0.1, -0.05) is 12.1 Å². The molecule has 2 aromatic carbocycles. The van der Waals surface area contributed by atoms with Crippen molar-refractivity contribution in [2.75, 3.05) is 26.6 Å². The van der Waals surface area contributed by atoms with Crippen molar-refractivity contribution < 1.29 is 28.9 Å². The van der Waals surface area contributed by atoms with Gasteiger partial charge in [-0.2, -0.15) is 0 Å². The number of ether oxygens (including phenoxy) is 3. The second-order valence-electron chi connectivity index (χ2n) is 7.09. The van der Waals surface area contributed by atoms with Crippen LogP contribution < -0.4 is 19.5 Å². The molecule has 3 aromatic rings. The minimum atomic E-state index is -1.12. The van der Waals surface area contributed by atoms with Crippen molar-refractivity contribution in [1.29, 1.82) is 0 Å². The molecule has 8 nitrogen and oxygen atoms in total. The van der Waals surface area contributed by atoms with Crippen LogP contribution in [0.1, 0.15) is 34.0 Å². The van der Waals surface area contributed by atoms with E-state index >= 15 is 0 Å². The Morgan fingerprint density at radius 2 is 1.81 bits per heavy atom. The van der Waals surface area contributed by atoms with Gasteiger partial charge in [0.2, 0.25) is 5.91 Å². The van der Waals surface area contributed by atoms with Gasteiger partial charge in [-0.25, -0.2) is 4.79 Å². The molecule has 1 aliphatic heterocycles. The Labute approximate surface area is 179 Å². The number of carboxylic acids is 1. The first-order chi connectivity index (χ1) is 15.0. The summed E-state index contributed by atoms with van der Waals surface area (Å²) in [5.41, 5.74) is 2.45. The van der Waals surface area contributed by atoms with Crippen molar-refractivity contribution in [1.82, 2.24) is 4.57 Å². The number of carboxylic acid groups (broad SMARTS) is 1. The monoisotopic (exact) mass is 422 g/mol. The summed E-state index contributed by atoms with van der Waals surface area (Å²) in [5.74, 6) is -0.00304. The number of fused-ring (bicyclic) bond motifs is 1. The van der Waals surface area contributed by atoms with E-state index in [2.05, 4.69) is 5.32 Å². The highest BCUT2D eigenvalue weighted by atomic mass is 16.5. The van der Waals surface area contributed by atoms with Crippen LogP contribution >= 0.6 is 0 Å². The van der Waals surface area contributed by atoms with Crippen molar-refractivity contribution in [3.05, 3.63) is 65.5 Å². The Kier molecular flexibility index (Phi) is 5.29. The fraction of sp³-hybridized carbons (Fsp3) is 0.217. The lowest BCUT2D eigenvalue weighted by Gasteiger charge is -2.27. The van der Waals surface area contributed by atoms with Crippen molar-refractivity contribution in [3.63, 3.8) is 0 Å². The topological polar surface area (TPSA) is 99.0 Å². The van der Waals surface area contributed by atoms with E-state index in [-0.39, 0.29) is 23.6 Å². The second kappa shape index (κ2) is 8.06.